The highest BCUT2D eigenvalue weighted by atomic mass is 35.5. The van der Waals surface area contributed by atoms with E-state index in [1.54, 1.807) is 26.0 Å². The van der Waals surface area contributed by atoms with Gasteiger partial charge in [0.15, 0.2) is 5.78 Å². The Morgan fingerprint density at radius 3 is 2.31 bits per heavy atom. The quantitative estimate of drug-likeness (QED) is 0.476. The number of sulfonamides is 1. The molecule has 6 nitrogen and oxygen atoms in total. The number of carbonyl (C=O) groups excluding carboxylic acids is 2. The third-order valence-electron chi connectivity index (χ3n) is 9.52. The number of benzene rings is 1. The minimum absolute atomic E-state index is 0.0203. The van der Waals surface area contributed by atoms with Crippen molar-refractivity contribution in [2.45, 2.75) is 101 Å². The lowest BCUT2D eigenvalue weighted by Gasteiger charge is -2.59. The maximum Gasteiger partial charge on any atom is 0.242 e. The summed E-state index contributed by atoms with van der Waals surface area (Å²) in [7, 11) is -3.95. The number of hydrogen-bond acceptors (Lipinski definition) is 4. The lowest BCUT2D eigenvalue weighted by atomic mass is 9.45. The van der Waals surface area contributed by atoms with Crippen LogP contribution in [-0.4, -0.2) is 31.7 Å². The lowest BCUT2D eigenvalue weighted by Crippen LogP contribution is -2.59. The van der Waals surface area contributed by atoms with Crippen molar-refractivity contribution in [3.63, 3.8) is 0 Å². The minimum Gasteiger partial charge on any atom is -0.353 e. The van der Waals surface area contributed by atoms with Gasteiger partial charge in [0.25, 0.3) is 0 Å². The van der Waals surface area contributed by atoms with Crippen LogP contribution < -0.4 is 10.0 Å². The SMILES string of the molecule is CC(C)(NS(=O)(=O)c1ccccc1Cl)C(=O)CC1C2CC3CC1CC(C(=O)NC1CCCCC1)(C3)C2. The van der Waals surface area contributed by atoms with E-state index in [4.69, 9.17) is 11.6 Å². The van der Waals surface area contributed by atoms with Crippen molar-refractivity contribution in [1.82, 2.24) is 10.0 Å². The molecule has 1 aromatic carbocycles. The van der Waals surface area contributed by atoms with Gasteiger partial charge in [-0.25, -0.2) is 8.42 Å². The zero-order valence-corrected chi connectivity index (χ0v) is 23.0. The summed E-state index contributed by atoms with van der Waals surface area (Å²) in [6.45, 7) is 3.28. The molecule has 0 aliphatic heterocycles. The van der Waals surface area contributed by atoms with Crippen LogP contribution in [-0.2, 0) is 19.6 Å². The molecule has 1 amide bonds. The van der Waals surface area contributed by atoms with Gasteiger partial charge in [-0.2, -0.15) is 4.72 Å². The second-order valence-electron chi connectivity index (χ2n) is 12.5. The number of ketones is 1. The van der Waals surface area contributed by atoms with Crippen molar-refractivity contribution in [3.8, 4) is 0 Å². The lowest BCUT2D eigenvalue weighted by molar-refractivity contribution is -0.156. The zero-order chi connectivity index (χ0) is 25.7. The number of carbonyl (C=O) groups is 2. The first-order valence-corrected chi connectivity index (χ1v) is 15.5. The van der Waals surface area contributed by atoms with Crippen molar-refractivity contribution < 1.29 is 18.0 Å². The Hall–Kier alpha value is -1.44. The predicted molar refractivity (Wildman–Crippen MR) is 140 cm³/mol. The molecule has 0 heterocycles. The van der Waals surface area contributed by atoms with E-state index < -0.39 is 15.6 Å². The first-order valence-electron chi connectivity index (χ1n) is 13.6. The zero-order valence-electron chi connectivity index (χ0n) is 21.4. The van der Waals surface area contributed by atoms with E-state index in [1.165, 1.54) is 31.4 Å². The first-order chi connectivity index (χ1) is 17.0. The molecule has 2 atom stereocenters. The highest BCUT2D eigenvalue weighted by Crippen LogP contribution is 2.63. The Balaban J connectivity index is 1.26. The van der Waals surface area contributed by atoms with Crippen molar-refractivity contribution in [3.05, 3.63) is 29.3 Å². The average molecular weight is 535 g/mol. The molecule has 2 unspecified atom stereocenters. The molecule has 5 aliphatic carbocycles. The summed E-state index contributed by atoms with van der Waals surface area (Å²) in [6, 6.07) is 6.58. The molecule has 5 saturated carbocycles. The summed E-state index contributed by atoms with van der Waals surface area (Å²) < 4.78 is 28.6. The molecule has 8 heteroatoms. The average Bonchev–Trinajstić information content (AvgIpc) is 2.81. The maximum absolute atomic E-state index is 13.5. The Kier molecular flexibility index (Phi) is 7.05. The van der Waals surface area contributed by atoms with Gasteiger partial charge in [0.2, 0.25) is 15.9 Å². The van der Waals surface area contributed by atoms with Crippen molar-refractivity contribution in [2.24, 2.45) is 29.1 Å². The normalized spacial score (nSPS) is 32.4. The Morgan fingerprint density at radius 1 is 1.03 bits per heavy atom. The third kappa shape index (κ3) is 5.00. The van der Waals surface area contributed by atoms with Gasteiger partial charge in [-0.15, -0.1) is 0 Å². The van der Waals surface area contributed by atoms with E-state index in [0.717, 1.165) is 44.9 Å². The van der Waals surface area contributed by atoms with Gasteiger partial charge >= 0.3 is 0 Å². The molecule has 0 radical (unpaired) electrons. The summed E-state index contributed by atoms with van der Waals surface area (Å²) in [5, 5.41) is 3.54. The number of rotatable bonds is 8. The molecular formula is C28H39ClN2O4S. The molecule has 36 heavy (non-hydrogen) atoms. The van der Waals surface area contributed by atoms with Gasteiger partial charge in [0, 0.05) is 17.9 Å². The maximum atomic E-state index is 13.5. The van der Waals surface area contributed by atoms with Gasteiger partial charge in [0.1, 0.15) is 4.90 Å². The molecule has 5 fully saturated rings. The van der Waals surface area contributed by atoms with E-state index in [9.17, 15) is 18.0 Å². The summed E-state index contributed by atoms with van der Waals surface area (Å²) in [5.41, 5.74) is -1.52. The fraction of sp³-hybridized carbons (Fsp3) is 0.714. The summed E-state index contributed by atoms with van der Waals surface area (Å²) in [5.74, 6) is 1.65. The standard InChI is InChI=1S/C28H39ClN2O4S/c1-27(2,31-36(34,35)24-11-7-6-10-23(24)29)25(32)14-22-19-12-18-13-20(22)17-28(15-18,16-19)26(33)30-21-8-4-3-5-9-21/h6-7,10-11,18-22,31H,3-5,8-9,12-17H2,1-2H3,(H,30,33). The molecule has 4 bridgehead atoms. The van der Waals surface area contributed by atoms with E-state index in [-0.39, 0.29) is 32.9 Å². The summed E-state index contributed by atoms with van der Waals surface area (Å²) >= 11 is 6.12. The van der Waals surface area contributed by atoms with Crippen LogP contribution in [0.5, 0.6) is 0 Å². The van der Waals surface area contributed by atoms with Crippen LogP contribution in [0, 0.1) is 29.1 Å². The second kappa shape index (κ2) is 9.70. The number of amides is 1. The van der Waals surface area contributed by atoms with E-state index >= 15 is 0 Å². The smallest absolute Gasteiger partial charge is 0.242 e. The van der Waals surface area contributed by atoms with Gasteiger partial charge in [-0.1, -0.05) is 43.0 Å². The first kappa shape index (κ1) is 26.2. The topological polar surface area (TPSA) is 92.3 Å². The minimum atomic E-state index is -3.95. The molecule has 0 spiro atoms. The van der Waals surface area contributed by atoms with Crippen molar-refractivity contribution in [1.29, 1.82) is 0 Å². The predicted octanol–water partition coefficient (Wildman–Crippen LogP) is 5.25. The fourth-order valence-corrected chi connectivity index (χ4v) is 9.82. The van der Waals surface area contributed by atoms with Crippen LogP contribution in [0.1, 0.15) is 84.5 Å². The van der Waals surface area contributed by atoms with Gasteiger partial charge < -0.3 is 5.32 Å². The number of Topliss-reactive ketones (excluding diaryl/α,β-unsaturated/α-hetero) is 1. The van der Waals surface area contributed by atoms with Gasteiger partial charge in [-0.3, -0.25) is 9.59 Å². The Morgan fingerprint density at radius 2 is 1.67 bits per heavy atom. The van der Waals surface area contributed by atoms with Crippen LogP contribution in [0.4, 0.5) is 0 Å². The molecule has 5 aliphatic rings. The molecule has 0 saturated heterocycles. The number of nitrogens with one attached hydrogen (secondary N) is 2. The summed E-state index contributed by atoms with van der Waals surface area (Å²) in [4.78, 5) is 27.0. The van der Waals surface area contributed by atoms with Crippen LogP contribution in [0.25, 0.3) is 0 Å². The van der Waals surface area contributed by atoms with Crippen LogP contribution >= 0.6 is 11.6 Å². The molecule has 6 rings (SSSR count). The molecule has 0 aromatic heterocycles. The molecule has 2 N–H and O–H groups in total. The molecule has 198 valence electrons. The summed E-state index contributed by atoms with van der Waals surface area (Å²) in [6.07, 6.45) is 11.1. The Bertz CT molecular complexity index is 1110. The van der Waals surface area contributed by atoms with Crippen LogP contribution in [0.15, 0.2) is 29.2 Å². The van der Waals surface area contributed by atoms with E-state index in [1.807, 2.05) is 0 Å². The van der Waals surface area contributed by atoms with E-state index in [0.29, 0.717) is 30.2 Å². The second-order valence-corrected chi connectivity index (χ2v) is 14.6. The number of hydrogen-bond donors (Lipinski definition) is 2. The van der Waals surface area contributed by atoms with Crippen LogP contribution in [0.3, 0.4) is 0 Å². The monoisotopic (exact) mass is 534 g/mol. The fourth-order valence-electron chi connectivity index (χ4n) is 7.91. The van der Waals surface area contributed by atoms with Gasteiger partial charge in [-0.05, 0) is 94.6 Å². The van der Waals surface area contributed by atoms with Crippen LogP contribution in [0.2, 0.25) is 5.02 Å². The largest absolute Gasteiger partial charge is 0.353 e. The molecular weight excluding hydrogens is 496 g/mol. The Labute approximate surface area is 220 Å². The van der Waals surface area contributed by atoms with Crippen molar-refractivity contribution >= 4 is 33.3 Å². The third-order valence-corrected chi connectivity index (χ3v) is 11.7. The van der Waals surface area contributed by atoms with Crippen molar-refractivity contribution in [2.75, 3.05) is 0 Å². The molecule has 1 aromatic rings. The highest BCUT2D eigenvalue weighted by molar-refractivity contribution is 7.89. The number of halogens is 1. The van der Waals surface area contributed by atoms with Gasteiger partial charge in [0.05, 0.1) is 10.6 Å². The van der Waals surface area contributed by atoms with E-state index in [2.05, 4.69) is 10.0 Å². The highest BCUT2D eigenvalue weighted by Gasteiger charge is 2.59.